The predicted octanol–water partition coefficient (Wildman–Crippen LogP) is 3.72. The number of benzene rings is 2. The van der Waals surface area contributed by atoms with Crippen LogP contribution in [0.1, 0.15) is 10.4 Å². The van der Waals surface area contributed by atoms with Gasteiger partial charge in [-0.1, -0.05) is 29.8 Å². The lowest BCUT2D eigenvalue weighted by Crippen LogP contribution is -2.18. The van der Waals surface area contributed by atoms with E-state index in [4.69, 9.17) is 16.3 Å². The third-order valence-corrected chi connectivity index (χ3v) is 3.99. The molecule has 1 heterocycles. The van der Waals surface area contributed by atoms with Crippen molar-refractivity contribution in [1.82, 2.24) is 4.57 Å². The molecule has 5 nitrogen and oxygen atoms in total. The average molecular weight is 343 g/mol. The van der Waals surface area contributed by atoms with Gasteiger partial charge in [-0.2, -0.15) is 0 Å². The Balaban J connectivity index is 1.83. The molecule has 0 fully saturated rings. The third-order valence-electron chi connectivity index (χ3n) is 3.66. The Hall–Kier alpha value is -2.79. The first-order valence-corrected chi connectivity index (χ1v) is 7.68. The number of anilines is 1. The number of nitrogens with one attached hydrogen (secondary N) is 1. The summed E-state index contributed by atoms with van der Waals surface area (Å²) in [7, 11) is 1.34. The van der Waals surface area contributed by atoms with Gasteiger partial charge in [0.05, 0.1) is 23.4 Å². The van der Waals surface area contributed by atoms with E-state index >= 15 is 0 Å². The van der Waals surface area contributed by atoms with E-state index in [-0.39, 0.29) is 12.5 Å². The summed E-state index contributed by atoms with van der Waals surface area (Å²) in [6, 6.07) is 14.2. The summed E-state index contributed by atoms with van der Waals surface area (Å²) < 4.78 is 6.50. The van der Waals surface area contributed by atoms with Gasteiger partial charge in [0, 0.05) is 11.7 Å². The largest absolute Gasteiger partial charge is 0.465 e. The molecule has 3 rings (SSSR count). The lowest BCUT2D eigenvalue weighted by molar-refractivity contribution is -0.116. The summed E-state index contributed by atoms with van der Waals surface area (Å²) in [5.41, 5.74) is 1.79. The quantitative estimate of drug-likeness (QED) is 0.735. The summed E-state index contributed by atoms with van der Waals surface area (Å²) in [5.74, 6) is -0.616. The maximum absolute atomic E-state index is 12.3. The van der Waals surface area contributed by atoms with Crippen LogP contribution in [0.3, 0.4) is 0 Å². The van der Waals surface area contributed by atoms with Crippen molar-refractivity contribution < 1.29 is 14.3 Å². The molecule has 2 aromatic carbocycles. The zero-order valence-corrected chi connectivity index (χ0v) is 13.7. The van der Waals surface area contributed by atoms with Crippen LogP contribution >= 0.6 is 11.6 Å². The number of carbonyl (C=O) groups is 2. The van der Waals surface area contributed by atoms with Crippen LogP contribution in [0, 0.1) is 0 Å². The molecule has 0 spiro atoms. The highest BCUT2D eigenvalue weighted by molar-refractivity contribution is 6.33. The number of amides is 1. The molecular weight excluding hydrogens is 328 g/mol. The number of aromatic nitrogens is 1. The number of hydrogen-bond donors (Lipinski definition) is 1. The van der Waals surface area contributed by atoms with Crippen LogP contribution in [0.2, 0.25) is 5.02 Å². The molecule has 0 aliphatic rings. The Labute approximate surface area is 143 Å². The molecule has 122 valence electrons. The lowest BCUT2D eigenvalue weighted by Gasteiger charge is -2.09. The Bertz CT molecular complexity index is 918. The first kappa shape index (κ1) is 16.1. The Morgan fingerprint density at radius 1 is 1.17 bits per heavy atom. The fourth-order valence-electron chi connectivity index (χ4n) is 2.47. The van der Waals surface area contributed by atoms with E-state index in [9.17, 15) is 9.59 Å². The van der Waals surface area contributed by atoms with Crippen LogP contribution in [0.4, 0.5) is 5.69 Å². The fraction of sp³-hybridized carbons (Fsp3) is 0.111. The number of ether oxygens (including phenoxy) is 1. The molecule has 24 heavy (non-hydrogen) atoms. The van der Waals surface area contributed by atoms with Gasteiger partial charge in [0.1, 0.15) is 6.54 Å². The van der Waals surface area contributed by atoms with E-state index in [1.54, 1.807) is 47.2 Å². The van der Waals surface area contributed by atoms with Gasteiger partial charge in [0.15, 0.2) is 0 Å². The minimum Gasteiger partial charge on any atom is -0.465 e. The van der Waals surface area contributed by atoms with Crippen molar-refractivity contribution in [2.75, 3.05) is 12.4 Å². The molecule has 1 aromatic heterocycles. The van der Waals surface area contributed by atoms with Crippen LogP contribution in [-0.4, -0.2) is 23.6 Å². The van der Waals surface area contributed by atoms with Gasteiger partial charge in [0.2, 0.25) is 5.91 Å². The number of rotatable bonds is 4. The van der Waals surface area contributed by atoms with Gasteiger partial charge < -0.3 is 14.6 Å². The summed E-state index contributed by atoms with van der Waals surface area (Å²) in [6.07, 6.45) is 1.80. The second-order valence-corrected chi connectivity index (χ2v) is 5.64. The van der Waals surface area contributed by atoms with E-state index in [0.29, 0.717) is 16.3 Å². The number of fused-ring (bicyclic) bond motifs is 1. The monoisotopic (exact) mass is 342 g/mol. The molecule has 1 N–H and O–H groups in total. The van der Waals surface area contributed by atoms with Gasteiger partial charge in [-0.05, 0) is 35.7 Å². The number of carbonyl (C=O) groups excluding carboxylic acids is 2. The van der Waals surface area contributed by atoms with Gasteiger partial charge in [0.25, 0.3) is 0 Å². The van der Waals surface area contributed by atoms with Crippen molar-refractivity contribution in [2.24, 2.45) is 0 Å². The molecule has 6 heteroatoms. The van der Waals surface area contributed by atoms with E-state index in [0.717, 1.165) is 10.9 Å². The normalized spacial score (nSPS) is 10.6. The average Bonchev–Trinajstić information content (AvgIpc) is 2.98. The summed E-state index contributed by atoms with van der Waals surface area (Å²) in [4.78, 5) is 23.9. The molecule has 0 atom stereocenters. The zero-order valence-electron chi connectivity index (χ0n) is 13.0. The highest BCUT2D eigenvalue weighted by Crippen LogP contribution is 2.21. The minimum absolute atomic E-state index is 0.110. The van der Waals surface area contributed by atoms with Crippen molar-refractivity contribution in [1.29, 1.82) is 0 Å². The minimum atomic E-state index is -0.412. The summed E-state index contributed by atoms with van der Waals surface area (Å²) >= 11 is 6.04. The van der Waals surface area contributed by atoms with Gasteiger partial charge in [-0.25, -0.2) is 4.79 Å². The Morgan fingerprint density at radius 3 is 2.71 bits per heavy atom. The smallest absolute Gasteiger partial charge is 0.337 e. The first-order chi connectivity index (χ1) is 11.6. The van der Waals surface area contributed by atoms with E-state index in [1.165, 1.54) is 7.11 Å². The molecule has 0 aliphatic heterocycles. The number of nitrogens with zero attached hydrogens (tertiary/aromatic N) is 1. The highest BCUT2D eigenvalue weighted by atomic mass is 35.5. The van der Waals surface area contributed by atoms with Gasteiger partial charge >= 0.3 is 5.97 Å². The van der Waals surface area contributed by atoms with E-state index < -0.39 is 5.97 Å². The van der Waals surface area contributed by atoms with Crippen molar-refractivity contribution >= 4 is 40.1 Å². The fourth-order valence-corrected chi connectivity index (χ4v) is 2.66. The predicted molar refractivity (Wildman–Crippen MR) is 93.4 cm³/mol. The molecule has 3 aromatic rings. The maximum atomic E-state index is 12.3. The second-order valence-electron chi connectivity index (χ2n) is 5.24. The van der Waals surface area contributed by atoms with Crippen LogP contribution in [-0.2, 0) is 16.1 Å². The molecular formula is C18H15ClN2O3. The molecule has 0 bridgehead atoms. The standard InChI is InChI=1S/C18H15ClN2O3/c1-24-18(23)13-7-6-12-8-9-21(16(12)10-13)11-17(22)20-15-5-3-2-4-14(15)19/h2-10H,11H2,1H3,(H,20,22). The molecule has 0 saturated carbocycles. The molecule has 0 aliphatic carbocycles. The molecule has 0 saturated heterocycles. The number of methoxy groups -OCH3 is 1. The van der Waals surface area contributed by atoms with E-state index in [1.807, 2.05) is 12.1 Å². The SMILES string of the molecule is COC(=O)c1ccc2ccn(CC(=O)Nc3ccccc3Cl)c2c1. The molecule has 0 unspecified atom stereocenters. The second kappa shape index (κ2) is 6.76. The van der Waals surface area contributed by atoms with E-state index in [2.05, 4.69) is 5.32 Å². The van der Waals surface area contributed by atoms with Crippen LogP contribution in [0.15, 0.2) is 54.7 Å². The van der Waals surface area contributed by atoms with Crippen molar-refractivity contribution in [3.8, 4) is 0 Å². The van der Waals surface area contributed by atoms with Crippen molar-refractivity contribution in [3.05, 3.63) is 65.3 Å². The van der Waals surface area contributed by atoms with Crippen LogP contribution < -0.4 is 5.32 Å². The van der Waals surface area contributed by atoms with Crippen LogP contribution in [0.5, 0.6) is 0 Å². The number of hydrogen-bond acceptors (Lipinski definition) is 3. The summed E-state index contributed by atoms with van der Waals surface area (Å²) in [5, 5.41) is 4.20. The topological polar surface area (TPSA) is 60.3 Å². The van der Waals surface area contributed by atoms with Gasteiger partial charge in [-0.3, -0.25) is 4.79 Å². The van der Waals surface area contributed by atoms with Crippen LogP contribution in [0.25, 0.3) is 10.9 Å². The third kappa shape index (κ3) is 3.26. The number of para-hydroxylation sites is 1. The van der Waals surface area contributed by atoms with Crippen molar-refractivity contribution in [3.63, 3.8) is 0 Å². The number of esters is 1. The Kier molecular flexibility index (Phi) is 4.53. The number of halogens is 1. The molecule has 0 radical (unpaired) electrons. The zero-order chi connectivity index (χ0) is 17.1. The Morgan fingerprint density at radius 2 is 1.96 bits per heavy atom. The first-order valence-electron chi connectivity index (χ1n) is 7.30. The molecule has 1 amide bonds. The lowest BCUT2D eigenvalue weighted by atomic mass is 10.1. The highest BCUT2D eigenvalue weighted by Gasteiger charge is 2.11. The maximum Gasteiger partial charge on any atom is 0.337 e. The summed E-state index contributed by atoms with van der Waals surface area (Å²) in [6.45, 7) is 0.110. The van der Waals surface area contributed by atoms with Crippen molar-refractivity contribution in [2.45, 2.75) is 6.54 Å². The van der Waals surface area contributed by atoms with Gasteiger partial charge in [-0.15, -0.1) is 0 Å².